The highest BCUT2D eigenvalue weighted by Gasteiger charge is 2.55. The largest absolute Gasteiger partial charge is 0.504 e. The number of aromatic hydroxyl groups is 1. The molecule has 3 aliphatic carbocycles. The van der Waals surface area contributed by atoms with E-state index in [0.717, 1.165) is 30.6 Å². The van der Waals surface area contributed by atoms with E-state index in [-0.39, 0.29) is 23.1 Å². The van der Waals surface area contributed by atoms with E-state index in [4.69, 9.17) is 9.47 Å². The number of carbonyl (C=O) groups excluding carboxylic acids is 1. The normalized spacial score (nSPS) is 29.7. The molecular formula is C29H35NO4. The molecule has 180 valence electrons. The molecule has 5 nitrogen and oxygen atoms in total. The number of benzene rings is 2. The van der Waals surface area contributed by atoms with Crippen molar-refractivity contribution < 1.29 is 19.4 Å². The Bertz CT molecular complexity index is 1110. The minimum atomic E-state index is -0.0536. The van der Waals surface area contributed by atoms with Gasteiger partial charge in [0.05, 0.1) is 14.2 Å². The summed E-state index contributed by atoms with van der Waals surface area (Å²) in [6.45, 7) is 2.41. The molecule has 34 heavy (non-hydrogen) atoms. The maximum absolute atomic E-state index is 12.8. The zero-order valence-electron chi connectivity index (χ0n) is 20.3. The van der Waals surface area contributed by atoms with Crippen LogP contribution in [0.2, 0.25) is 0 Å². The van der Waals surface area contributed by atoms with E-state index in [0.29, 0.717) is 23.5 Å². The van der Waals surface area contributed by atoms with Gasteiger partial charge >= 0.3 is 0 Å². The molecule has 1 amide bonds. The predicted octanol–water partition coefficient (Wildman–Crippen LogP) is 5.46. The molecule has 2 aromatic carbocycles. The zero-order chi connectivity index (χ0) is 23.9. The molecule has 0 saturated heterocycles. The van der Waals surface area contributed by atoms with E-state index in [9.17, 15) is 9.90 Å². The van der Waals surface area contributed by atoms with Crippen LogP contribution in [0.5, 0.6) is 17.2 Å². The van der Waals surface area contributed by atoms with Crippen molar-refractivity contribution in [3.63, 3.8) is 0 Å². The summed E-state index contributed by atoms with van der Waals surface area (Å²) in [5.74, 6) is 3.37. The summed E-state index contributed by atoms with van der Waals surface area (Å²) in [5.41, 5.74) is 3.95. The van der Waals surface area contributed by atoms with Crippen molar-refractivity contribution in [3.05, 3.63) is 59.2 Å². The molecule has 0 spiro atoms. The fraction of sp³-hybridized carbons (Fsp3) is 0.483. The van der Waals surface area contributed by atoms with Crippen molar-refractivity contribution in [1.29, 1.82) is 0 Å². The third kappa shape index (κ3) is 3.95. The summed E-state index contributed by atoms with van der Waals surface area (Å²) >= 11 is 0. The molecule has 0 aliphatic heterocycles. The van der Waals surface area contributed by atoms with Crippen LogP contribution in [0.15, 0.2) is 42.5 Å². The number of ether oxygens (including phenoxy) is 2. The Morgan fingerprint density at radius 1 is 1.09 bits per heavy atom. The topological polar surface area (TPSA) is 67.8 Å². The number of hydrogen-bond donors (Lipinski definition) is 2. The fourth-order valence-electron chi connectivity index (χ4n) is 7.11. The minimum Gasteiger partial charge on any atom is -0.504 e. The first-order chi connectivity index (χ1) is 16.4. The smallest absolute Gasteiger partial charge is 0.244 e. The van der Waals surface area contributed by atoms with Crippen molar-refractivity contribution >= 4 is 12.0 Å². The van der Waals surface area contributed by atoms with Gasteiger partial charge in [-0.2, -0.15) is 0 Å². The predicted molar refractivity (Wildman–Crippen MR) is 133 cm³/mol. The molecule has 0 radical (unpaired) electrons. The van der Waals surface area contributed by atoms with Crippen molar-refractivity contribution in [3.8, 4) is 17.2 Å². The molecule has 1 unspecified atom stereocenters. The number of rotatable bonds is 5. The molecule has 5 atom stereocenters. The number of hydrogen-bond acceptors (Lipinski definition) is 4. The number of phenols is 1. The lowest BCUT2D eigenvalue weighted by Gasteiger charge is -2.51. The van der Waals surface area contributed by atoms with E-state index in [1.165, 1.54) is 37.5 Å². The molecule has 0 aromatic heterocycles. The first kappa shape index (κ1) is 22.8. The van der Waals surface area contributed by atoms with Crippen LogP contribution in [-0.2, 0) is 11.2 Å². The van der Waals surface area contributed by atoms with Gasteiger partial charge in [-0.05, 0) is 109 Å². The first-order valence-corrected chi connectivity index (χ1v) is 12.5. The van der Waals surface area contributed by atoms with Crippen molar-refractivity contribution in [2.45, 2.75) is 57.4 Å². The SMILES string of the molecule is COc1ccc2c(c1)CC[C@@H]1[C@@H]2CC[C@]2(C)C(NC(=O)/C=C/c3ccc(O)c(OC)c3)CC[C@@H]12. The molecule has 2 saturated carbocycles. The van der Waals surface area contributed by atoms with Gasteiger partial charge in [-0.15, -0.1) is 0 Å². The van der Waals surface area contributed by atoms with Crippen LogP contribution in [-0.4, -0.2) is 31.3 Å². The van der Waals surface area contributed by atoms with Gasteiger partial charge in [0.15, 0.2) is 11.5 Å². The van der Waals surface area contributed by atoms with E-state index in [1.807, 2.05) is 0 Å². The van der Waals surface area contributed by atoms with E-state index in [2.05, 4.69) is 30.4 Å². The highest BCUT2D eigenvalue weighted by Crippen LogP contribution is 2.61. The van der Waals surface area contributed by atoms with Crippen LogP contribution < -0.4 is 14.8 Å². The number of nitrogens with one attached hydrogen (secondary N) is 1. The number of amides is 1. The van der Waals surface area contributed by atoms with E-state index < -0.39 is 0 Å². The quantitative estimate of drug-likeness (QED) is 0.580. The lowest BCUT2D eigenvalue weighted by molar-refractivity contribution is -0.118. The third-order valence-corrected chi connectivity index (χ3v) is 8.88. The number of phenolic OH excluding ortho intramolecular Hbond substituents is 1. The van der Waals surface area contributed by atoms with E-state index >= 15 is 0 Å². The van der Waals surface area contributed by atoms with Gasteiger partial charge in [0.1, 0.15) is 5.75 Å². The van der Waals surface area contributed by atoms with Gasteiger partial charge in [0.25, 0.3) is 0 Å². The van der Waals surface area contributed by atoms with Crippen LogP contribution in [0.3, 0.4) is 0 Å². The Morgan fingerprint density at radius 2 is 1.94 bits per heavy atom. The lowest BCUT2D eigenvalue weighted by Crippen LogP contribution is -2.49. The Labute approximate surface area is 202 Å². The molecule has 2 fully saturated rings. The summed E-state index contributed by atoms with van der Waals surface area (Å²) in [7, 11) is 3.26. The average Bonchev–Trinajstić information content (AvgIpc) is 3.18. The van der Waals surface area contributed by atoms with Crippen LogP contribution in [0, 0.1) is 17.3 Å². The second-order valence-corrected chi connectivity index (χ2v) is 10.4. The van der Waals surface area contributed by atoms with Crippen LogP contribution >= 0.6 is 0 Å². The van der Waals surface area contributed by atoms with E-state index in [1.54, 1.807) is 37.5 Å². The van der Waals surface area contributed by atoms with Crippen molar-refractivity contribution in [2.24, 2.45) is 17.3 Å². The number of methoxy groups -OCH3 is 2. The summed E-state index contributed by atoms with van der Waals surface area (Å²) in [5, 5.41) is 13.1. The molecule has 5 rings (SSSR count). The molecular weight excluding hydrogens is 426 g/mol. The van der Waals surface area contributed by atoms with Gasteiger partial charge in [-0.3, -0.25) is 4.79 Å². The molecule has 0 heterocycles. The monoisotopic (exact) mass is 461 g/mol. The van der Waals surface area contributed by atoms with Gasteiger partial charge in [-0.25, -0.2) is 0 Å². The standard InChI is InChI=1S/C29H35NO4/c1-29-15-14-22-21-9-7-20(33-2)17-19(21)6-8-23(22)24(29)10-12-27(29)30-28(32)13-5-18-4-11-25(31)26(16-18)34-3/h4-5,7,9,11,13,16-17,22-24,27,31H,6,8,10,12,14-15H2,1-3H3,(H,30,32)/b13-5+/t22-,23-,24+,27?,29+/m1/s1. The Morgan fingerprint density at radius 3 is 2.74 bits per heavy atom. The maximum atomic E-state index is 12.8. The summed E-state index contributed by atoms with van der Waals surface area (Å²) in [6.07, 6.45) is 10.3. The van der Waals surface area contributed by atoms with Gasteiger partial charge in [-0.1, -0.05) is 19.1 Å². The Balaban J connectivity index is 1.27. The summed E-state index contributed by atoms with van der Waals surface area (Å²) in [6, 6.07) is 11.9. The minimum absolute atomic E-state index is 0.0536. The second kappa shape index (κ2) is 9.01. The molecule has 2 aromatic rings. The first-order valence-electron chi connectivity index (χ1n) is 12.5. The van der Waals surface area contributed by atoms with Crippen molar-refractivity contribution in [2.75, 3.05) is 14.2 Å². The third-order valence-electron chi connectivity index (χ3n) is 8.88. The van der Waals surface area contributed by atoms with Gasteiger partial charge in [0.2, 0.25) is 5.91 Å². The van der Waals surface area contributed by atoms with Gasteiger partial charge < -0.3 is 19.9 Å². The highest BCUT2D eigenvalue weighted by molar-refractivity contribution is 5.92. The number of fused-ring (bicyclic) bond motifs is 5. The number of carbonyl (C=O) groups is 1. The highest BCUT2D eigenvalue weighted by atomic mass is 16.5. The van der Waals surface area contributed by atoms with Crippen molar-refractivity contribution in [1.82, 2.24) is 5.32 Å². The fourth-order valence-corrected chi connectivity index (χ4v) is 7.11. The molecule has 0 bridgehead atoms. The van der Waals surface area contributed by atoms with Gasteiger partial charge in [0, 0.05) is 12.1 Å². The maximum Gasteiger partial charge on any atom is 0.244 e. The average molecular weight is 462 g/mol. The van der Waals surface area contributed by atoms with Crippen LogP contribution in [0.4, 0.5) is 0 Å². The molecule has 5 heteroatoms. The second-order valence-electron chi connectivity index (χ2n) is 10.4. The van der Waals surface area contributed by atoms with Crippen LogP contribution in [0.25, 0.3) is 6.08 Å². The summed E-state index contributed by atoms with van der Waals surface area (Å²) in [4.78, 5) is 12.8. The zero-order valence-corrected chi connectivity index (χ0v) is 20.3. The van der Waals surface area contributed by atoms with Crippen LogP contribution in [0.1, 0.15) is 61.6 Å². The Hall–Kier alpha value is -2.95. The Kier molecular flexibility index (Phi) is 6.05. The summed E-state index contributed by atoms with van der Waals surface area (Å²) < 4.78 is 10.6. The molecule has 3 aliphatic rings. The molecule has 2 N–H and O–H groups in total. The number of aryl methyl sites for hydroxylation is 1. The lowest BCUT2D eigenvalue weighted by atomic mass is 9.55.